The molecule has 0 unspecified atom stereocenters. The van der Waals surface area contributed by atoms with Gasteiger partial charge in [0.15, 0.2) is 11.5 Å². The number of sulfonamides is 1. The van der Waals surface area contributed by atoms with E-state index in [0.29, 0.717) is 30.3 Å². The molecule has 0 bridgehead atoms. The number of benzene rings is 3. The third-order valence-corrected chi connectivity index (χ3v) is 7.56. The molecule has 0 radical (unpaired) electrons. The van der Waals surface area contributed by atoms with Crippen LogP contribution in [0, 0.1) is 0 Å². The van der Waals surface area contributed by atoms with Crippen LogP contribution >= 0.6 is 11.3 Å². The average Bonchev–Trinajstić information content (AvgIpc) is 3.11. The van der Waals surface area contributed by atoms with Crippen LogP contribution < -0.4 is 19.5 Å². The molecule has 0 spiro atoms. The van der Waals surface area contributed by atoms with Crippen LogP contribution in [0.3, 0.4) is 0 Å². The minimum Gasteiger partial charge on any atom is -0.490 e. The van der Waals surface area contributed by atoms with Crippen molar-refractivity contribution in [2.75, 3.05) is 17.9 Å². The van der Waals surface area contributed by atoms with Crippen LogP contribution in [0.4, 0.5) is 5.69 Å². The molecule has 1 amide bonds. The fourth-order valence-corrected chi connectivity index (χ4v) is 5.47. The third-order valence-electron chi connectivity index (χ3n) is 5.14. The van der Waals surface area contributed by atoms with E-state index >= 15 is 0 Å². The molecule has 174 valence electrons. The summed E-state index contributed by atoms with van der Waals surface area (Å²) < 4.78 is 40.6. The van der Waals surface area contributed by atoms with Gasteiger partial charge < -0.3 is 14.8 Å². The second-order valence-corrected chi connectivity index (χ2v) is 10.4. The molecule has 4 aromatic rings. The molecular formula is C24H21N3O5S2. The number of thiazole rings is 1. The molecule has 0 saturated carbocycles. The second kappa shape index (κ2) is 9.32. The van der Waals surface area contributed by atoms with Crippen LogP contribution in [0.2, 0.25) is 0 Å². The van der Waals surface area contributed by atoms with Crippen LogP contribution in [0.5, 0.6) is 11.5 Å². The molecular weight excluding hydrogens is 474 g/mol. The van der Waals surface area contributed by atoms with E-state index in [1.807, 2.05) is 24.3 Å². The van der Waals surface area contributed by atoms with Gasteiger partial charge in [-0.1, -0.05) is 18.2 Å². The predicted octanol–water partition coefficient (Wildman–Crippen LogP) is 4.19. The summed E-state index contributed by atoms with van der Waals surface area (Å²) >= 11 is 1.52. The van der Waals surface area contributed by atoms with Crippen molar-refractivity contribution in [2.24, 2.45) is 0 Å². The lowest BCUT2D eigenvalue weighted by molar-refractivity contribution is 0.0951. The Hall–Kier alpha value is -3.63. The molecule has 1 aliphatic heterocycles. The maximum absolute atomic E-state index is 12.9. The van der Waals surface area contributed by atoms with Crippen molar-refractivity contribution in [3.63, 3.8) is 0 Å². The SMILES string of the molecule is O=C(NCc1nc2ccccc2s1)c1cccc(NS(=O)(=O)c2ccc3c(c2)OCCCO3)c1. The van der Waals surface area contributed by atoms with Crippen molar-refractivity contribution < 1.29 is 22.7 Å². The number of aromatic nitrogens is 1. The highest BCUT2D eigenvalue weighted by Gasteiger charge is 2.19. The zero-order valence-corrected chi connectivity index (χ0v) is 19.6. The Kier molecular flexibility index (Phi) is 6.08. The number of carbonyl (C=O) groups is 1. The minimum atomic E-state index is -3.90. The fourth-order valence-electron chi connectivity index (χ4n) is 3.50. The average molecular weight is 496 g/mol. The van der Waals surface area contributed by atoms with Gasteiger partial charge in [-0.15, -0.1) is 11.3 Å². The number of para-hydroxylation sites is 1. The maximum atomic E-state index is 12.9. The highest BCUT2D eigenvalue weighted by molar-refractivity contribution is 7.92. The monoisotopic (exact) mass is 495 g/mol. The van der Waals surface area contributed by atoms with E-state index in [2.05, 4.69) is 15.0 Å². The summed E-state index contributed by atoms with van der Waals surface area (Å²) in [6.07, 6.45) is 0.725. The predicted molar refractivity (Wildman–Crippen MR) is 130 cm³/mol. The summed E-state index contributed by atoms with van der Waals surface area (Å²) in [5, 5.41) is 3.63. The Bertz CT molecular complexity index is 1430. The standard InChI is InChI=1S/C24H21N3O5S2/c28-24(25-15-23-26-19-7-1-2-8-22(19)33-23)16-5-3-6-17(13-16)27-34(29,30)18-9-10-20-21(14-18)32-12-4-11-31-20/h1-3,5-10,13-14,27H,4,11-12,15H2,(H,25,28). The van der Waals surface area contributed by atoms with Gasteiger partial charge in [0.2, 0.25) is 0 Å². The van der Waals surface area contributed by atoms with Gasteiger partial charge in [0.05, 0.1) is 34.9 Å². The number of fused-ring (bicyclic) bond motifs is 2. The van der Waals surface area contributed by atoms with Crippen molar-refractivity contribution in [1.82, 2.24) is 10.3 Å². The van der Waals surface area contributed by atoms with Crippen molar-refractivity contribution in [3.05, 3.63) is 77.3 Å². The molecule has 1 aliphatic rings. The largest absolute Gasteiger partial charge is 0.490 e. The van der Waals surface area contributed by atoms with Gasteiger partial charge in [-0.2, -0.15) is 0 Å². The van der Waals surface area contributed by atoms with E-state index in [0.717, 1.165) is 21.6 Å². The zero-order chi connectivity index (χ0) is 23.5. The number of rotatable bonds is 6. The summed E-state index contributed by atoms with van der Waals surface area (Å²) in [6.45, 7) is 1.26. The Morgan fingerprint density at radius 2 is 1.79 bits per heavy atom. The van der Waals surface area contributed by atoms with E-state index in [9.17, 15) is 13.2 Å². The lowest BCUT2D eigenvalue weighted by Crippen LogP contribution is -2.23. The third kappa shape index (κ3) is 4.82. The number of carbonyl (C=O) groups excluding carboxylic acids is 1. The minimum absolute atomic E-state index is 0.0439. The van der Waals surface area contributed by atoms with Gasteiger partial charge in [0.25, 0.3) is 15.9 Å². The summed E-state index contributed by atoms with van der Waals surface area (Å²) in [5.41, 5.74) is 1.50. The second-order valence-electron chi connectivity index (χ2n) is 7.60. The van der Waals surface area contributed by atoms with Crippen molar-refractivity contribution in [3.8, 4) is 11.5 Å². The highest BCUT2D eigenvalue weighted by atomic mass is 32.2. The van der Waals surface area contributed by atoms with Crippen molar-refractivity contribution in [1.29, 1.82) is 0 Å². The van der Waals surface area contributed by atoms with Gasteiger partial charge in [0.1, 0.15) is 5.01 Å². The summed E-state index contributed by atoms with van der Waals surface area (Å²) in [5.74, 6) is 0.586. The number of nitrogens with zero attached hydrogens (tertiary/aromatic N) is 1. The van der Waals surface area contributed by atoms with Crippen LogP contribution in [-0.2, 0) is 16.6 Å². The first-order chi connectivity index (χ1) is 16.5. The number of amides is 1. The van der Waals surface area contributed by atoms with Gasteiger partial charge in [-0.3, -0.25) is 9.52 Å². The summed E-state index contributed by atoms with van der Waals surface area (Å²) in [4.78, 5) is 17.2. The molecule has 3 aromatic carbocycles. The smallest absolute Gasteiger partial charge is 0.262 e. The summed E-state index contributed by atoms with van der Waals surface area (Å²) in [7, 11) is -3.90. The van der Waals surface area contributed by atoms with E-state index < -0.39 is 10.0 Å². The number of hydrogen-bond donors (Lipinski definition) is 2. The first-order valence-electron chi connectivity index (χ1n) is 10.6. The van der Waals surface area contributed by atoms with Crippen molar-refractivity contribution >= 4 is 43.2 Å². The molecule has 10 heteroatoms. The lowest BCUT2D eigenvalue weighted by atomic mass is 10.2. The quantitative estimate of drug-likeness (QED) is 0.416. The van der Waals surface area contributed by atoms with Gasteiger partial charge >= 0.3 is 0 Å². The van der Waals surface area contributed by atoms with Crippen LogP contribution in [-0.4, -0.2) is 32.5 Å². The van der Waals surface area contributed by atoms with Gasteiger partial charge in [-0.05, 0) is 42.5 Å². The molecule has 34 heavy (non-hydrogen) atoms. The van der Waals surface area contributed by atoms with Gasteiger partial charge in [-0.25, -0.2) is 13.4 Å². The number of nitrogens with one attached hydrogen (secondary N) is 2. The number of hydrogen-bond acceptors (Lipinski definition) is 7. The summed E-state index contributed by atoms with van der Waals surface area (Å²) in [6, 6.07) is 18.6. The Labute approximate surface area is 200 Å². The molecule has 1 aromatic heterocycles. The topological polar surface area (TPSA) is 107 Å². The van der Waals surface area contributed by atoms with Crippen LogP contribution in [0.15, 0.2) is 71.6 Å². The Morgan fingerprint density at radius 3 is 2.65 bits per heavy atom. The lowest BCUT2D eigenvalue weighted by Gasteiger charge is -2.12. The molecule has 0 aliphatic carbocycles. The van der Waals surface area contributed by atoms with Gasteiger partial charge in [0, 0.05) is 23.7 Å². The number of ether oxygens (including phenoxy) is 2. The first kappa shape index (κ1) is 22.2. The highest BCUT2D eigenvalue weighted by Crippen LogP contribution is 2.32. The molecule has 8 nitrogen and oxygen atoms in total. The van der Waals surface area contributed by atoms with E-state index in [-0.39, 0.29) is 23.0 Å². The fraction of sp³-hybridized carbons (Fsp3) is 0.167. The van der Waals surface area contributed by atoms with E-state index in [4.69, 9.17) is 9.47 Å². The molecule has 0 fully saturated rings. The Balaban J connectivity index is 1.28. The zero-order valence-electron chi connectivity index (χ0n) is 18.0. The normalized spacial score (nSPS) is 13.3. The molecule has 0 atom stereocenters. The van der Waals surface area contributed by atoms with Crippen LogP contribution in [0.25, 0.3) is 10.2 Å². The first-order valence-corrected chi connectivity index (χ1v) is 12.9. The molecule has 2 heterocycles. The molecule has 2 N–H and O–H groups in total. The molecule has 5 rings (SSSR count). The maximum Gasteiger partial charge on any atom is 0.262 e. The van der Waals surface area contributed by atoms with E-state index in [1.165, 1.54) is 29.5 Å². The van der Waals surface area contributed by atoms with E-state index in [1.54, 1.807) is 24.3 Å². The van der Waals surface area contributed by atoms with Crippen molar-refractivity contribution in [2.45, 2.75) is 17.9 Å². The number of anilines is 1. The van der Waals surface area contributed by atoms with Crippen LogP contribution in [0.1, 0.15) is 21.8 Å². The Morgan fingerprint density at radius 1 is 0.971 bits per heavy atom. The molecule has 0 saturated heterocycles.